The summed E-state index contributed by atoms with van der Waals surface area (Å²) < 4.78 is 1.92. The van der Waals surface area contributed by atoms with E-state index >= 15 is 0 Å². The number of aromatic nitrogens is 2. The van der Waals surface area contributed by atoms with E-state index in [-0.39, 0.29) is 5.75 Å². The second-order valence-electron chi connectivity index (χ2n) is 3.72. The van der Waals surface area contributed by atoms with Gasteiger partial charge < -0.3 is 15.2 Å². The van der Waals surface area contributed by atoms with Crippen LogP contribution in [-0.2, 0) is 6.54 Å². The van der Waals surface area contributed by atoms with Gasteiger partial charge in [0.1, 0.15) is 11.4 Å². The first kappa shape index (κ1) is 9.18. The molecule has 1 aromatic carbocycles. The second kappa shape index (κ2) is 3.21. The summed E-state index contributed by atoms with van der Waals surface area (Å²) >= 11 is 0. The molecule has 0 radical (unpaired) electrons. The Kier molecular flexibility index (Phi) is 1.84. The van der Waals surface area contributed by atoms with Gasteiger partial charge in [0.05, 0.1) is 5.69 Å². The first-order valence-corrected chi connectivity index (χ1v) is 5.08. The van der Waals surface area contributed by atoms with Gasteiger partial charge >= 0.3 is 0 Å². The number of rotatable bonds is 1. The van der Waals surface area contributed by atoms with Gasteiger partial charge in [0.2, 0.25) is 0 Å². The molecule has 80 valence electrons. The van der Waals surface area contributed by atoms with Crippen molar-refractivity contribution in [3.8, 4) is 5.75 Å². The smallest absolute Gasteiger partial charge is 0.145 e. The molecule has 3 aromatic rings. The number of pyridine rings is 1. The zero-order chi connectivity index (χ0) is 11.1. The molecule has 0 aliphatic carbocycles. The van der Waals surface area contributed by atoms with Crippen LogP contribution in [0.25, 0.3) is 16.4 Å². The van der Waals surface area contributed by atoms with E-state index in [4.69, 9.17) is 5.73 Å². The molecule has 0 bridgehead atoms. The van der Waals surface area contributed by atoms with Gasteiger partial charge in [0, 0.05) is 29.7 Å². The predicted molar refractivity (Wildman–Crippen MR) is 62.3 cm³/mol. The topological polar surface area (TPSA) is 63.5 Å². The number of aromatic hydroxyl groups is 1. The highest BCUT2D eigenvalue weighted by Crippen LogP contribution is 2.26. The Hall–Kier alpha value is -2.07. The minimum atomic E-state index is 0.275. The Balaban J connectivity index is 2.48. The van der Waals surface area contributed by atoms with Gasteiger partial charge in [-0.05, 0) is 12.1 Å². The molecule has 0 saturated carbocycles. The van der Waals surface area contributed by atoms with Crippen LogP contribution in [0.5, 0.6) is 5.75 Å². The van der Waals surface area contributed by atoms with Crippen LogP contribution in [0, 0.1) is 0 Å². The molecule has 3 rings (SSSR count). The lowest BCUT2D eigenvalue weighted by molar-refractivity contribution is 0.481. The summed E-state index contributed by atoms with van der Waals surface area (Å²) in [7, 11) is 0. The summed E-state index contributed by atoms with van der Waals surface area (Å²) in [6.45, 7) is 0.419. The molecule has 0 atom stereocenters. The summed E-state index contributed by atoms with van der Waals surface area (Å²) in [5.41, 5.74) is 7.23. The van der Waals surface area contributed by atoms with Gasteiger partial charge in [0.15, 0.2) is 0 Å². The number of nitrogens with zero attached hydrogens (tertiary/aromatic N) is 2. The van der Waals surface area contributed by atoms with E-state index in [1.54, 1.807) is 6.07 Å². The molecule has 2 aromatic heterocycles. The largest absolute Gasteiger partial charge is 0.507 e. The third-order valence-electron chi connectivity index (χ3n) is 2.72. The third-order valence-corrected chi connectivity index (χ3v) is 2.72. The van der Waals surface area contributed by atoms with Crippen molar-refractivity contribution in [1.82, 2.24) is 9.38 Å². The van der Waals surface area contributed by atoms with Gasteiger partial charge in [-0.15, -0.1) is 0 Å². The van der Waals surface area contributed by atoms with Crippen molar-refractivity contribution in [3.05, 3.63) is 42.4 Å². The first-order valence-electron chi connectivity index (χ1n) is 5.08. The zero-order valence-corrected chi connectivity index (χ0v) is 8.59. The maximum Gasteiger partial charge on any atom is 0.145 e. The number of fused-ring (bicyclic) bond motifs is 3. The fourth-order valence-corrected chi connectivity index (χ4v) is 1.93. The summed E-state index contributed by atoms with van der Waals surface area (Å²) in [6.07, 6.45) is 3.78. The molecule has 2 heterocycles. The summed E-state index contributed by atoms with van der Waals surface area (Å²) in [4.78, 5) is 4.43. The van der Waals surface area contributed by atoms with E-state index in [1.807, 2.05) is 35.0 Å². The number of imidazole rings is 1. The molecule has 0 aliphatic heterocycles. The Bertz CT molecular complexity index is 672. The lowest BCUT2D eigenvalue weighted by atomic mass is 10.1. The minimum Gasteiger partial charge on any atom is -0.507 e. The number of nitrogens with two attached hydrogens (primary N) is 1. The molecule has 0 amide bonds. The Morgan fingerprint density at radius 3 is 2.94 bits per heavy atom. The summed E-state index contributed by atoms with van der Waals surface area (Å²) in [5.74, 6) is 0.275. The van der Waals surface area contributed by atoms with Crippen molar-refractivity contribution in [2.75, 3.05) is 0 Å². The first-order chi connectivity index (χ1) is 7.79. The van der Waals surface area contributed by atoms with Crippen LogP contribution in [0.2, 0.25) is 0 Å². The van der Waals surface area contributed by atoms with Crippen LogP contribution in [0.4, 0.5) is 0 Å². The molecule has 4 nitrogen and oxygen atoms in total. The van der Waals surface area contributed by atoms with Gasteiger partial charge in [-0.25, -0.2) is 4.98 Å². The van der Waals surface area contributed by atoms with Gasteiger partial charge in [-0.1, -0.05) is 12.1 Å². The SMILES string of the molecule is NCc1cn2ccc3c(O)cccc3c2n1. The van der Waals surface area contributed by atoms with Gasteiger partial charge in [-0.2, -0.15) is 0 Å². The van der Waals surface area contributed by atoms with E-state index in [0.717, 1.165) is 22.1 Å². The molecule has 16 heavy (non-hydrogen) atoms. The average molecular weight is 213 g/mol. The molecule has 0 saturated heterocycles. The lowest BCUT2D eigenvalue weighted by Gasteiger charge is -2.01. The van der Waals surface area contributed by atoms with Gasteiger partial charge in [0.25, 0.3) is 0 Å². The standard InChI is InChI=1S/C12H11N3O/c13-6-8-7-15-5-4-9-10(12(15)14-8)2-1-3-11(9)16/h1-5,7,16H,6,13H2. The van der Waals surface area contributed by atoms with Gasteiger partial charge in [-0.3, -0.25) is 0 Å². The van der Waals surface area contributed by atoms with Crippen molar-refractivity contribution in [2.24, 2.45) is 5.73 Å². The summed E-state index contributed by atoms with van der Waals surface area (Å²) in [6, 6.07) is 7.30. The second-order valence-corrected chi connectivity index (χ2v) is 3.72. The lowest BCUT2D eigenvalue weighted by Crippen LogP contribution is -1.95. The molecular weight excluding hydrogens is 202 g/mol. The summed E-state index contributed by atoms with van der Waals surface area (Å²) in [5, 5.41) is 11.5. The Morgan fingerprint density at radius 2 is 2.12 bits per heavy atom. The van der Waals surface area contributed by atoms with Crippen molar-refractivity contribution in [2.45, 2.75) is 6.54 Å². The molecule has 0 spiro atoms. The van der Waals surface area contributed by atoms with Crippen molar-refractivity contribution in [3.63, 3.8) is 0 Å². The molecule has 4 heteroatoms. The highest BCUT2D eigenvalue weighted by molar-refractivity contribution is 5.97. The molecule has 3 N–H and O–H groups in total. The van der Waals surface area contributed by atoms with Crippen molar-refractivity contribution >= 4 is 16.4 Å². The number of phenolic OH excluding ortho intramolecular Hbond substituents is 1. The zero-order valence-electron chi connectivity index (χ0n) is 8.59. The fourth-order valence-electron chi connectivity index (χ4n) is 1.93. The van der Waals surface area contributed by atoms with E-state index in [9.17, 15) is 5.11 Å². The number of hydrogen-bond donors (Lipinski definition) is 2. The number of phenols is 1. The third kappa shape index (κ3) is 1.17. The van der Waals surface area contributed by atoms with Crippen LogP contribution in [0.1, 0.15) is 5.69 Å². The van der Waals surface area contributed by atoms with Crippen LogP contribution >= 0.6 is 0 Å². The van der Waals surface area contributed by atoms with Crippen molar-refractivity contribution < 1.29 is 5.11 Å². The average Bonchev–Trinajstić information content (AvgIpc) is 2.72. The minimum absolute atomic E-state index is 0.275. The highest BCUT2D eigenvalue weighted by atomic mass is 16.3. The predicted octanol–water partition coefficient (Wildman–Crippen LogP) is 1.65. The number of benzene rings is 1. The number of hydrogen-bond acceptors (Lipinski definition) is 3. The highest BCUT2D eigenvalue weighted by Gasteiger charge is 2.06. The molecule has 0 fully saturated rings. The maximum atomic E-state index is 9.73. The van der Waals surface area contributed by atoms with Crippen LogP contribution < -0.4 is 5.73 Å². The Morgan fingerprint density at radius 1 is 1.25 bits per heavy atom. The van der Waals surface area contributed by atoms with E-state index in [2.05, 4.69) is 4.98 Å². The molecule has 0 aliphatic rings. The molecule has 0 unspecified atom stereocenters. The van der Waals surface area contributed by atoms with Crippen molar-refractivity contribution in [1.29, 1.82) is 0 Å². The van der Waals surface area contributed by atoms with Crippen LogP contribution in [-0.4, -0.2) is 14.5 Å². The van der Waals surface area contributed by atoms with Crippen LogP contribution in [0.15, 0.2) is 36.7 Å². The van der Waals surface area contributed by atoms with Crippen LogP contribution in [0.3, 0.4) is 0 Å². The normalized spacial score (nSPS) is 11.3. The monoisotopic (exact) mass is 213 g/mol. The fraction of sp³-hybridized carbons (Fsp3) is 0.0833. The maximum absolute atomic E-state index is 9.73. The quantitative estimate of drug-likeness (QED) is 0.646. The van der Waals surface area contributed by atoms with E-state index in [0.29, 0.717) is 6.54 Å². The van der Waals surface area contributed by atoms with E-state index < -0.39 is 0 Å². The Labute approximate surface area is 91.9 Å². The molecular formula is C12H11N3O. The van der Waals surface area contributed by atoms with E-state index in [1.165, 1.54) is 0 Å².